The summed E-state index contributed by atoms with van der Waals surface area (Å²) in [5.74, 6) is 3.08. The lowest BCUT2D eigenvalue weighted by atomic mass is 9.96. The van der Waals surface area contributed by atoms with Gasteiger partial charge < -0.3 is 15.2 Å². The Hall–Kier alpha value is -0.710. The summed E-state index contributed by atoms with van der Waals surface area (Å²) in [7, 11) is 1.71. The second kappa shape index (κ2) is 7.34. The van der Waals surface area contributed by atoms with Crippen molar-refractivity contribution in [2.45, 2.75) is 37.8 Å². The Morgan fingerprint density at radius 2 is 2.05 bits per heavy atom. The Bertz CT molecular complexity index is 419. The van der Waals surface area contributed by atoms with E-state index in [1.165, 1.54) is 5.56 Å². The summed E-state index contributed by atoms with van der Waals surface area (Å²) in [6.45, 7) is 2.84. The van der Waals surface area contributed by atoms with Crippen LogP contribution in [0.1, 0.15) is 25.3 Å². The Morgan fingerprint density at radius 1 is 1.35 bits per heavy atom. The van der Waals surface area contributed by atoms with E-state index in [1.54, 1.807) is 7.11 Å². The van der Waals surface area contributed by atoms with Crippen molar-refractivity contribution in [2.75, 3.05) is 25.2 Å². The number of nitrogens with one attached hydrogen (secondary N) is 1. The molecule has 1 aliphatic rings. The number of hydrogen-bond donors (Lipinski definition) is 2. The molecular formula is C16H25NO2S. The molecule has 4 heteroatoms. The molecule has 0 amide bonds. The number of methoxy groups -OCH3 is 1. The van der Waals surface area contributed by atoms with Gasteiger partial charge in [0.2, 0.25) is 0 Å². The van der Waals surface area contributed by atoms with Crippen LogP contribution in [-0.4, -0.2) is 41.9 Å². The molecule has 3 nitrogen and oxygen atoms in total. The van der Waals surface area contributed by atoms with Gasteiger partial charge in [0, 0.05) is 12.6 Å². The van der Waals surface area contributed by atoms with Gasteiger partial charge in [-0.3, -0.25) is 0 Å². The highest BCUT2D eigenvalue weighted by Gasteiger charge is 2.29. The van der Waals surface area contributed by atoms with Crippen molar-refractivity contribution < 1.29 is 9.84 Å². The van der Waals surface area contributed by atoms with Gasteiger partial charge in [-0.2, -0.15) is 11.8 Å². The molecule has 1 heterocycles. The molecule has 0 bridgehead atoms. The number of ether oxygens (including phenoxy) is 1. The SMILES string of the molecule is COc1ccccc1CC(C)NCC1(O)CCSCC1. The third-order valence-corrected chi connectivity index (χ3v) is 4.91. The van der Waals surface area contributed by atoms with Crippen LogP contribution in [0.25, 0.3) is 0 Å². The lowest BCUT2D eigenvalue weighted by Crippen LogP contribution is -2.46. The van der Waals surface area contributed by atoms with Crippen molar-refractivity contribution in [2.24, 2.45) is 0 Å². The second-order valence-electron chi connectivity index (χ2n) is 5.63. The molecular weight excluding hydrogens is 270 g/mol. The van der Waals surface area contributed by atoms with E-state index in [0.29, 0.717) is 12.6 Å². The van der Waals surface area contributed by atoms with E-state index < -0.39 is 5.60 Å². The molecule has 0 aliphatic carbocycles. The maximum absolute atomic E-state index is 10.5. The largest absolute Gasteiger partial charge is 0.496 e. The topological polar surface area (TPSA) is 41.5 Å². The summed E-state index contributed by atoms with van der Waals surface area (Å²) < 4.78 is 5.38. The van der Waals surface area contributed by atoms with E-state index in [9.17, 15) is 5.11 Å². The van der Waals surface area contributed by atoms with Crippen molar-refractivity contribution >= 4 is 11.8 Å². The van der Waals surface area contributed by atoms with Crippen molar-refractivity contribution in [1.29, 1.82) is 0 Å². The van der Waals surface area contributed by atoms with Crippen LogP contribution in [0.3, 0.4) is 0 Å². The highest BCUT2D eigenvalue weighted by molar-refractivity contribution is 7.99. The molecule has 112 valence electrons. The Balaban J connectivity index is 1.84. The molecule has 2 rings (SSSR count). The van der Waals surface area contributed by atoms with Crippen LogP contribution < -0.4 is 10.1 Å². The summed E-state index contributed by atoms with van der Waals surface area (Å²) in [4.78, 5) is 0. The minimum Gasteiger partial charge on any atom is -0.496 e. The van der Waals surface area contributed by atoms with Crippen molar-refractivity contribution in [3.63, 3.8) is 0 Å². The van der Waals surface area contributed by atoms with E-state index in [4.69, 9.17) is 4.74 Å². The number of hydrogen-bond acceptors (Lipinski definition) is 4. The quantitative estimate of drug-likeness (QED) is 0.846. The van der Waals surface area contributed by atoms with Crippen LogP contribution in [-0.2, 0) is 6.42 Å². The standard InChI is InChI=1S/C16H25NO2S/c1-13(11-14-5-3-4-6-15(14)19-2)17-12-16(18)7-9-20-10-8-16/h3-6,13,17-18H,7-12H2,1-2H3. The van der Waals surface area contributed by atoms with Gasteiger partial charge in [-0.1, -0.05) is 18.2 Å². The maximum atomic E-state index is 10.5. The highest BCUT2D eigenvalue weighted by atomic mass is 32.2. The molecule has 1 aliphatic heterocycles. The second-order valence-corrected chi connectivity index (χ2v) is 6.86. The first kappa shape index (κ1) is 15.7. The van der Waals surface area contributed by atoms with E-state index in [0.717, 1.165) is 36.5 Å². The normalized spacial score (nSPS) is 19.6. The van der Waals surface area contributed by atoms with Gasteiger partial charge in [0.1, 0.15) is 5.75 Å². The summed E-state index contributed by atoms with van der Waals surface area (Å²) >= 11 is 1.93. The summed E-state index contributed by atoms with van der Waals surface area (Å²) in [6.07, 6.45) is 2.70. The number of thioether (sulfide) groups is 1. The van der Waals surface area contributed by atoms with Crippen LogP contribution in [0.4, 0.5) is 0 Å². The van der Waals surface area contributed by atoms with E-state index >= 15 is 0 Å². The summed E-state index contributed by atoms with van der Waals surface area (Å²) in [5, 5.41) is 14.0. The third-order valence-electron chi connectivity index (χ3n) is 3.92. The predicted octanol–water partition coefficient (Wildman–Crippen LogP) is 2.47. The fourth-order valence-corrected chi connectivity index (χ4v) is 3.82. The smallest absolute Gasteiger partial charge is 0.122 e. The van der Waals surface area contributed by atoms with E-state index in [1.807, 2.05) is 30.0 Å². The molecule has 1 saturated heterocycles. The molecule has 0 aromatic heterocycles. The first-order chi connectivity index (χ1) is 9.63. The van der Waals surface area contributed by atoms with Gasteiger partial charge in [-0.25, -0.2) is 0 Å². The first-order valence-corrected chi connectivity index (χ1v) is 8.44. The molecule has 0 spiro atoms. The number of benzene rings is 1. The van der Waals surface area contributed by atoms with Gasteiger partial charge in [-0.05, 0) is 49.3 Å². The molecule has 1 aromatic carbocycles. The van der Waals surface area contributed by atoms with Crippen LogP contribution in [0.15, 0.2) is 24.3 Å². The van der Waals surface area contributed by atoms with E-state index in [-0.39, 0.29) is 0 Å². The lowest BCUT2D eigenvalue weighted by Gasteiger charge is -2.33. The number of para-hydroxylation sites is 1. The highest BCUT2D eigenvalue weighted by Crippen LogP contribution is 2.26. The molecule has 20 heavy (non-hydrogen) atoms. The molecule has 2 N–H and O–H groups in total. The fraction of sp³-hybridized carbons (Fsp3) is 0.625. The predicted molar refractivity (Wildman–Crippen MR) is 85.7 cm³/mol. The minimum atomic E-state index is -0.514. The molecule has 1 aromatic rings. The zero-order valence-electron chi connectivity index (χ0n) is 12.4. The molecule has 1 fully saturated rings. The zero-order valence-corrected chi connectivity index (χ0v) is 13.2. The van der Waals surface area contributed by atoms with Gasteiger partial charge in [0.15, 0.2) is 0 Å². The Morgan fingerprint density at radius 3 is 2.75 bits per heavy atom. The van der Waals surface area contributed by atoms with Crippen LogP contribution in [0.5, 0.6) is 5.75 Å². The Kier molecular flexibility index (Phi) is 5.75. The zero-order chi connectivity index (χ0) is 14.4. The van der Waals surface area contributed by atoms with Crippen molar-refractivity contribution in [3.8, 4) is 5.75 Å². The number of rotatable bonds is 6. The number of aliphatic hydroxyl groups is 1. The maximum Gasteiger partial charge on any atom is 0.122 e. The first-order valence-electron chi connectivity index (χ1n) is 7.28. The van der Waals surface area contributed by atoms with Crippen LogP contribution >= 0.6 is 11.8 Å². The lowest BCUT2D eigenvalue weighted by molar-refractivity contribution is 0.0301. The molecule has 1 unspecified atom stereocenters. The van der Waals surface area contributed by atoms with Gasteiger partial charge in [0.25, 0.3) is 0 Å². The van der Waals surface area contributed by atoms with E-state index in [2.05, 4.69) is 18.3 Å². The molecule has 0 saturated carbocycles. The van der Waals surface area contributed by atoms with Gasteiger partial charge in [0.05, 0.1) is 12.7 Å². The summed E-state index contributed by atoms with van der Waals surface area (Å²) in [6, 6.07) is 8.45. The van der Waals surface area contributed by atoms with Crippen LogP contribution in [0, 0.1) is 0 Å². The molecule has 0 radical (unpaired) electrons. The van der Waals surface area contributed by atoms with Gasteiger partial charge >= 0.3 is 0 Å². The van der Waals surface area contributed by atoms with Crippen molar-refractivity contribution in [3.05, 3.63) is 29.8 Å². The average Bonchev–Trinajstić information content (AvgIpc) is 2.47. The third kappa shape index (κ3) is 4.40. The van der Waals surface area contributed by atoms with Gasteiger partial charge in [-0.15, -0.1) is 0 Å². The monoisotopic (exact) mass is 295 g/mol. The van der Waals surface area contributed by atoms with Crippen LogP contribution in [0.2, 0.25) is 0 Å². The Labute approximate surface area is 126 Å². The minimum absolute atomic E-state index is 0.324. The summed E-state index contributed by atoms with van der Waals surface area (Å²) in [5.41, 5.74) is 0.696. The average molecular weight is 295 g/mol. The van der Waals surface area contributed by atoms with Crippen molar-refractivity contribution in [1.82, 2.24) is 5.32 Å². The molecule has 1 atom stereocenters. The fourth-order valence-electron chi connectivity index (χ4n) is 2.57.